The van der Waals surface area contributed by atoms with E-state index in [-0.39, 0.29) is 57.1 Å². The summed E-state index contributed by atoms with van der Waals surface area (Å²) in [6.07, 6.45) is 1.53. The molecule has 0 aliphatic carbocycles. The highest BCUT2D eigenvalue weighted by atomic mass is 16.4. The van der Waals surface area contributed by atoms with E-state index in [0.29, 0.717) is 12.0 Å². The van der Waals surface area contributed by atoms with Crippen LogP contribution in [0.2, 0.25) is 0 Å². The molecule has 0 bridgehead atoms. The quantitative estimate of drug-likeness (QED) is 0.0406. The Morgan fingerprint density at radius 2 is 1.30 bits per heavy atom. The average Bonchev–Trinajstić information content (AvgIpc) is 3.40. The van der Waals surface area contributed by atoms with E-state index in [0.717, 1.165) is 10.9 Å². The molecule has 0 aliphatic heterocycles. The smallest absolute Gasteiger partial charge is 0.326 e. The normalized spacial score (nSPS) is 13.4. The molecule has 18 nitrogen and oxygen atoms in total. The van der Waals surface area contributed by atoms with Crippen LogP contribution in [0.1, 0.15) is 44.1 Å². The zero-order valence-corrected chi connectivity index (χ0v) is 25.3. The number of carbonyl (C=O) groups is 5. The first-order valence-corrected chi connectivity index (χ1v) is 14.6. The van der Waals surface area contributed by atoms with Crippen LogP contribution < -0.4 is 44.6 Å². The molecule has 18 heteroatoms. The molecule has 0 saturated carbocycles. The minimum atomic E-state index is -1.45. The van der Waals surface area contributed by atoms with Crippen LogP contribution in [0.3, 0.4) is 0 Å². The highest BCUT2D eigenvalue weighted by Gasteiger charge is 2.31. The fraction of sp³-hybridized carbons (Fsp3) is 0.464. The van der Waals surface area contributed by atoms with Crippen LogP contribution in [-0.2, 0) is 30.4 Å². The van der Waals surface area contributed by atoms with Gasteiger partial charge in [-0.1, -0.05) is 18.2 Å². The first-order chi connectivity index (χ1) is 21.8. The Bertz CT molecular complexity index is 1420. The second-order valence-corrected chi connectivity index (χ2v) is 10.5. The molecule has 2 aromatic rings. The van der Waals surface area contributed by atoms with Crippen molar-refractivity contribution in [2.45, 2.75) is 69.1 Å². The first kappa shape index (κ1) is 36.8. The second kappa shape index (κ2) is 18.4. The topological polar surface area (TPSA) is 333 Å². The Hall–Kier alpha value is -5.39. The van der Waals surface area contributed by atoms with E-state index in [1.807, 2.05) is 12.1 Å². The molecular formula is C28H43N11O7. The van der Waals surface area contributed by atoms with E-state index in [1.165, 1.54) is 0 Å². The average molecular weight is 646 g/mol. The van der Waals surface area contributed by atoms with E-state index >= 15 is 0 Å². The molecule has 1 aromatic heterocycles. The lowest BCUT2D eigenvalue weighted by molar-refractivity contribution is -0.143. The Labute approximate surface area is 264 Å². The maximum absolute atomic E-state index is 13.4. The van der Waals surface area contributed by atoms with Crippen LogP contribution in [0.4, 0.5) is 0 Å². The summed E-state index contributed by atoms with van der Waals surface area (Å²) in [6, 6.07) is 2.14. The number of benzene rings is 1. The second-order valence-electron chi connectivity index (χ2n) is 10.5. The fourth-order valence-corrected chi connectivity index (χ4v) is 4.50. The number of carboxylic acids is 2. The predicted molar refractivity (Wildman–Crippen MR) is 170 cm³/mol. The maximum Gasteiger partial charge on any atom is 0.326 e. The highest BCUT2D eigenvalue weighted by Crippen LogP contribution is 2.19. The summed E-state index contributed by atoms with van der Waals surface area (Å²) in [5, 5.41) is 27.3. The van der Waals surface area contributed by atoms with Gasteiger partial charge in [0.25, 0.3) is 0 Å². The van der Waals surface area contributed by atoms with Crippen molar-refractivity contribution in [3.8, 4) is 0 Å². The van der Waals surface area contributed by atoms with Gasteiger partial charge in [-0.15, -0.1) is 0 Å². The molecule has 3 amide bonds. The van der Waals surface area contributed by atoms with Crippen LogP contribution in [0.15, 0.2) is 40.4 Å². The molecule has 252 valence electrons. The van der Waals surface area contributed by atoms with Crippen molar-refractivity contribution in [1.82, 2.24) is 20.9 Å². The number of hydrogen-bond acceptors (Lipinski definition) is 8. The van der Waals surface area contributed by atoms with Crippen molar-refractivity contribution < 1.29 is 34.2 Å². The molecule has 0 fully saturated rings. The van der Waals surface area contributed by atoms with Crippen LogP contribution in [-0.4, -0.2) is 94.0 Å². The number of H-pyrrole nitrogens is 1. The molecule has 16 N–H and O–H groups in total. The van der Waals surface area contributed by atoms with Gasteiger partial charge in [0.15, 0.2) is 11.9 Å². The summed E-state index contributed by atoms with van der Waals surface area (Å²) < 4.78 is 0. The number of para-hydroxylation sites is 1. The summed E-state index contributed by atoms with van der Waals surface area (Å²) in [6.45, 7) is 0.368. The van der Waals surface area contributed by atoms with Gasteiger partial charge in [0.2, 0.25) is 17.7 Å². The lowest BCUT2D eigenvalue weighted by Crippen LogP contribution is -2.57. The lowest BCUT2D eigenvalue weighted by Gasteiger charge is -2.25. The summed E-state index contributed by atoms with van der Waals surface area (Å²) in [5.74, 6) is -5.25. The van der Waals surface area contributed by atoms with Crippen molar-refractivity contribution in [2.24, 2.45) is 38.7 Å². The van der Waals surface area contributed by atoms with Crippen molar-refractivity contribution in [3.05, 3.63) is 36.0 Å². The number of rotatable bonds is 20. The molecule has 0 spiro atoms. The van der Waals surface area contributed by atoms with Gasteiger partial charge in [0, 0.05) is 43.0 Å². The van der Waals surface area contributed by atoms with Crippen molar-refractivity contribution in [2.75, 3.05) is 13.1 Å². The van der Waals surface area contributed by atoms with Gasteiger partial charge in [-0.3, -0.25) is 29.2 Å². The van der Waals surface area contributed by atoms with E-state index in [2.05, 4.69) is 30.9 Å². The van der Waals surface area contributed by atoms with E-state index in [4.69, 9.17) is 28.7 Å². The molecule has 4 atom stereocenters. The molecule has 0 aliphatic rings. The van der Waals surface area contributed by atoms with Crippen LogP contribution >= 0.6 is 0 Å². The number of aliphatic imine (C=N–C) groups is 2. The standard InChI is InChI=1S/C28H43N11O7/c29-17(6-3-11-34-27(30)31)23(42)37-19(8-4-12-35-28(32)33)24(43)38-20(9-10-22(40)41)25(44)39-21(26(45)46)13-15-14-36-18-7-2-1-5-16(15)18/h1-2,5,7,14,17,19-21,36H,3-4,6,8-13,29H2,(H,37,42)(H,38,43)(H,39,44)(H,40,41)(H,45,46)(H4,30,31,34)(H4,32,33,35). The minimum absolute atomic E-state index is 0.0284. The molecule has 2 rings (SSSR count). The SMILES string of the molecule is NC(N)=NCCCC(N)C(=O)NC(CCCN=C(N)N)C(=O)NC(CCC(=O)O)C(=O)NC(Cc1c[nH]c2ccccc12)C(=O)O. The van der Waals surface area contributed by atoms with Gasteiger partial charge < -0.3 is 59.8 Å². The van der Waals surface area contributed by atoms with Crippen LogP contribution in [0.5, 0.6) is 0 Å². The molecule has 1 aromatic carbocycles. The van der Waals surface area contributed by atoms with E-state index in [9.17, 15) is 34.2 Å². The Morgan fingerprint density at radius 1 is 0.761 bits per heavy atom. The maximum atomic E-state index is 13.4. The summed E-state index contributed by atoms with van der Waals surface area (Å²) >= 11 is 0. The number of amides is 3. The molecule has 0 radical (unpaired) electrons. The van der Waals surface area contributed by atoms with E-state index in [1.54, 1.807) is 18.3 Å². The summed E-state index contributed by atoms with van der Waals surface area (Å²) in [4.78, 5) is 73.7. The summed E-state index contributed by atoms with van der Waals surface area (Å²) in [5.41, 5.74) is 28.7. The number of aromatic amines is 1. The first-order valence-electron chi connectivity index (χ1n) is 14.6. The van der Waals surface area contributed by atoms with Gasteiger partial charge in [-0.05, 0) is 43.7 Å². The third-order valence-corrected chi connectivity index (χ3v) is 6.88. The highest BCUT2D eigenvalue weighted by molar-refractivity contribution is 5.94. The van der Waals surface area contributed by atoms with Crippen LogP contribution in [0.25, 0.3) is 10.9 Å². The number of guanidine groups is 2. The van der Waals surface area contributed by atoms with Crippen molar-refractivity contribution >= 4 is 52.5 Å². The molecule has 1 heterocycles. The van der Waals surface area contributed by atoms with Gasteiger partial charge in [-0.25, -0.2) is 4.79 Å². The Balaban J connectivity index is 2.19. The number of carbonyl (C=O) groups excluding carboxylic acids is 3. The number of fused-ring (bicyclic) bond motifs is 1. The number of nitrogens with one attached hydrogen (secondary N) is 4. The fourth-order valence-electron chi connectivity index (χ4n) is 4.50. The van der Waals surface area contributed by atoms with E-state index < -0.39 is 60.2 Å². The zero-order valence-electron chi connectivity index (χ0n) is 25.3. The monoisotopic (exact) mass is 645 g/mol. The summed E-state index contributed by atoms with van der Waals surface area (Å²) in [7, 11) is 0. The minimum Gasteiger partial charge on any atom is -0.481 e. The van der Waals surface area contributed by atoms with Gasteiger partial charge in [-0.2, -0.15) is 0 Å². The van der Waals surface area contributed by atoms with Crippen molar-refractivity contribution in [1.29, 1.82) is 0 Å². The van der Waals surface area contributed by atoms with Crippen LogP contribution in [0, 0.1) is 0 Å². The zero-order chi connectivity index (χ0) is 34.2. The predicted octanol–water partition coefficient (Wildman–Crippen LogP) is -2.45. The Kier molecular flexibility index (Phi) is 14.7. The third kappa shape index (κ3) is 12.7. The lowest BCUT2D eigenvalue weighted by atomic mass is 10.0. The van der Waals surface area contributed by atoms with Gasteiger partial charge in [0.1, 0.15) is 18.1 Å². The van der Waals surface area contributed by atoms with Crippen molar-refractivity contribution in [3.63, 3.8) is 0 Å². The molecule has 4 unspecified atom stereocenters. The Morgan fingerprint density at radius 3 is 1.89 bits per heavy atom. The van der Waals surface area contributed by atoms with Gasteiger partial charge >= 0.3 is 11.9 Å². The molecular weight excluding hydrogens is 602 g/mol. The largest absolute Gasteiger partial charge is 0.481 e. The van der Waals surface area contributed by atoms with Gasteiger partial charge in [0.05, 0.1) is 6.04 Å². The number of hydrogen-bond donors (Lipinski definition) is 11. The number of nitrogens with two attached hydrogens (primary N) is 5. The molecule has 46 heavy (non-hydrogen) atoms. The molecule has 0 saturated heterocycles. The number of nitrogens with zero attached hydrogens (tertiary/aromatic N) is 2. The number of aliphatic carboxylic acids is 2. The number of carboxylic acid groups (broad SMARTS) is 2. The third-order valence-electron chi connectivity index (χ3n) is 6.88. The number of aromatic nitrogens is 1.